The summed E-state index contributed by atoms with van der Waals surface area (Å²) in [4.78, 5) is 31.1. The number of nitrogens with one attached hydrogen (secondary N) is 2. The van der Waals surface area contributed by atoms with Gasteiger partial charge in [0.15, 0.2) is 5.13 Å². The maximum absolute atomic E-state index is 12.3. The summed E-state index contributed by atoms with van der Waals surface area (Å²) in [5.74, 6) is -0.0316. The van der Waals surface area contributed by atoms with E-state index >= 15 is 0 Å². The molecule has 2 unspecified atom stereocenters. The molecule has 1 fully saturated rings. The molecule has 0 saturated heterocycles. The van der Waals surface area contributed by atoms with E-state index in [1.54, 1.807) is 11.3 Å². The molecular formula is C17H23ClN4O2S2. The van der Waals surface area contributed by atoms with Crippen LogP contribution in [0.1, 0.15) is 35.9 Å². The third-order valence-electron chi connectivity index (χ3n) is 4.28. The number of nitrogens with zero attached hydrogens (tertiary/aromatic N) is 1. The Labute approximate surface area is 167 Å². The number of rotatable bonds is 5. The number of amides is 2. The van der Waals surface area contributed by atoms with E-state index in [9.17, 15) is 9.59 Å². The van der Waals surface area contributed by atoms with Gasteiger partial charge in [-0.05, 0) is 38.3 Å². The lowest BCUT2D eigenvalue weighted by atomic mass is 10.1. The molecule has 26 heavy (non-hydrogen) atoms. The molecule has 1 aliphatic carbocycles. The van der Waals surface area contributed by atoms with Crippen molar-refractivity contribution in [3.63, 3.8) is 0 Å². The summed E-state index contributed by atoms with van der Waals surface area (Å²) in [5, 5.41) is 6.37. The molecule has 0 spiro atoms. The molecule has 2 aromatic rings. The monoisotopic (exact) mass is 414 g/mol. The quantitative estimate of drug-likeness (QED) is 0.699. The first-order valence-corrected chi connectivity index (χ1v) is 9.93. The molecule has 2 heterocycles. The van der Waals surface area contributed by atoms with E-state index in [1.165, 1.54) is 18.3 Å². The summed E-state index contributed by atoms with van der Waals surface area (Å²) >= 11 is 3.09. The van der Waals surface area contributed by atoms with Gasteiger partial charge < -0.3 is 16.4 Å². The average Bonchev–Trinajstić information content (AvgIpc) is 3.25. The highest BCUT2D eigenvalue weighted by Gasteiger charge is 2.28. The van der Waals surface area contributed by atoms with Gasteiger partial charge in [0, 0.05) is 28.6 Å². The van der Waals surface area contributed by atoms with Gasteiger partial charge in [0.25, 0.3) is 0 Å². The van der Waals surface area contributed by atoms with Gasteiger partial charge in [-0.2, -0.15) is 0 Å². The Hall–Kier alpha value is -1.48. The molecule has 0 aromatic carbocycles. The van der Waals surface area contributed by atoms with Crippen molar-refractivity contribution in [3.8, 4) is 10.6 Å². The SMILES string of the molecule is CC(=O)NCc1ccc(-c2nc(NC(=O)C3CCC(N)C3)sc2C)s1.Cl. The zero-order valence-corrected chi connectivity index (χ0v) is 17.2. The van der Waals surface area contributed by atoms with Gasteiger partial charge in [0.2, 0.25) is 11.8 Å². The third-order valence-corrected chi connectivity index (χ3v) is 6.26. The number of aromatic nitrogens is 1. The first-order chi connectivity index (χ1) is 11.9. The molecule has 2 atom stereocenters. The average molecular weight is 415 g/mol. The topological polar surface area (TPSA) is 97.1 Å². The summed E-state index contributed by atoms with van der Waals surface area (Å²) in [5.41, 5.74) is 6.78. The molecule has 142 valence electrons. The van der Waals surface area contributed by atoms with Crippen LogP contribution in [0.25, 0.3) is 10.6 Å². The van der Waals surface area contributed by atoms with Crippen molar-refractivity contribution in [2.75, 3.05) is 5.32 Å². The fraction of sp³-hybridized carbons (Fsp3) is 0.471. The molecule has 0 bridgehead atoms. The van der Waals surface area contributed by atoms with E-state index < -0.39 is 0 Å². The van der Waals surface area contributed by atoms with Crippen molar-refractivity contribution in [2.45, 2.75) is 45.7 Å². The number of hydrogen-bond donors (Lipinski definition) is 3. The second-order valence-corrected chi connectivity index (χ2v) is 8.73. The largest absolute Gasteiger partial charge is 0.351 e. The van der Waals surface area contributed by atoms with Crippen molar-refractivity contribution in [2.24, 2.45) is 11.7 Å². The smallest absolute Gasteiger partial charge is 0.229 e. The standard InChI is InChI=1S/C17H22N4O2S2.ClH/c1-9-15(14-6-5-13(25-14)8-19-10(2)22)20-17(24-9)21-16(23)11-3-4-12(18)7-11;/h5-6,11-12H,3-4,7-8,18H2,1-2H3,(H,19,22)(H,20,21,23);1H. The highest BCUT2D eigenvalue weighted by Crippen LogP contribution is 2.35. The number of halogens is 1. The number of thiophene rings is 1. The Balaban J connectivity index is 0.00000243. The van der Waals surface area contributed by atoms with Gasteiger partial charge in [0.05, 0.1) is 17.1 Å². The van der Waals surface area contributed by atoms with Gasteiger partial charge in [-0.25, -0.2) is 4.98 Å². The van der Waals surface area contributed by atoms with Crippen molar-refractivity contribution in [3.05, 3.63) is 21.9 Å². The Bertz CT molecular complexity index is 790. The molecule has 1 saturated carbocycles. The van der Waals surface area contributed by atoms with E-state index in [2.05, 4.69) is 15.6 Å². The Morgan fingerprint density at radius 3 is 2.73 bits per heavy atom. The Morgan fingerprint density at radius 2 is 2.08 bits per heavy atom. The first kappa shape index (κ1) is 20.8. The third kappa shape index (κ3) is 5.03. The van der Waals surface area contributed by atoms with Crippen LogP contribution in [0, 0.1) is 12.8 Å². The van der Waals surface area contributed by atoms with Crippen LogP contribution in [0.3, 0.4) is 0 Å². The summed E-state index contributed by atoms with van der Waals surface area (Å²) in [7, 11) is 0. The maximum Gasteiger partial charge on any atom is 0.229 e. The normalized spacial score (nSPS) is 19.0. The second-order valence-electron chi connectivity index (χ2n) is 6.36. The van der Waals surface area contributed by atoms with E-state index in [-0.39, 0.29) is 36.2 Å². The fourth-order valence-corrected chi connectivity index (χ4v) is 4.84. The zero-order valence-electron chi connectivity index (χ0n) is 14.7. The van der Waals surface area contributed by atoms with Crippen LogP contribution in [0.2, 0.25) is 0 Å². The van der Waals surface area contributed by atoms with Crippen molar-refractivity contribution >= 4 is 52.0 Å². The van der Waals surface area contributed by atoms with Crippen molar-refractivity contribution in [1.29, 1.82) is 0 Å². The maximum atomic E-state index is 12.3. The molecule has 2 amide bonds. The lowest BCUT2D eigenvalue weighted by Crippen LogP contribution is -2.23. The highest BCUT2D eigenvalue weighted by molar-refractivity contribution is 7.18. The van der Waals surface area contributed by atoms with Gasteiger partial charge in [0.1, 0.15) is 0 Å². The summed E-state index contributed by atoms with van der Waals surface area (Å²) in [6.45, 7) is 4.03. The summed E-state index contributed by atoms with van der Waals surface area (Å²) < 4.78 is 0. The lowest BCUT2D eigenvalue weighted by Gasteiger charge is -2.08. The molecule has 0 aliphatic heterocycles. The minimum atomic E-state index is -0.0450. The molecule has 9 heteroatoms. The van der Waals surface area contributed by atoms with Crippen LogP contribution >= 0.6 is 35.1 Å². The molecule has 1 aliphatic rings. The van der Waals surface area contributed by atoms with Crippen LogP contribution in [0.15, 0.2) is 12.1 Å². The van der Waals surface area contributed by atoms with Gasteiger partial charge in [-0.1, -0.05) is 0 Å². The second kappa shape index (κ2) is 8.94. The first-order valence-electron chi connectivity index (χ1n) is 8.29. The molecular weight excluding hydrogens is 392 g/mol. The van der Waals surface area contributed by atoms with Gasteiger partial charge >= 0.3 is 0 Å². The predicted octanol–water partition coefficient (Wildman–Crippen LogP) is 3.30. The zero-order chi connectivity index (χ0) is 18.0. The van der Waals surface area contributed by atoms with Gasteiger partial charge in [-0.15, -0.1) is 35.1 Å². The van der Waals surface area contributed by atoms with E-state index in [1.807, 2.05) is 19.1 Å². The van der Waals surface area contributed by atoms with E-state index in [0.29, 0.717) is 11.7 Å². The van der Waals surface area contributed by atoms with Gasteiger partial charge in [-0.3, -0.25) is 9.59 Å². The van der Waals surface area contributed by atoms with Crippen LogP contribution in [-0.4, -0.2) is 22.8 Å². The molecule has 6 nitrogen and oxygen atoms in total. The highest BCUT2D eigenvalue weighted by atomic mass is 35.5. The molecule has 3 rings (SSSR count). The summed E-state index contributed by atoms with van der Waals surface area (Å²) in [6.07, 6.45) is 2.51. The van der Waals surface area contributed by atoms with Crippen molar-refractivity contribution in [1.82, 2.24) is 10.3 Å². The number of anilines is 1. The number of carbonyl (C=O) groups is 2. The van der Waals surface area contributed by atoms with E-state index in [0.717, 1.165) is 39.6 Å². The number of hydrogen-bond acceptors (Lipinski definition) is 6. The summed E-state index contributed by atoms with van der Waals surface area (Å²) in [6, 6.07) is 4.13. The number of aryl methyl sites for hydroxylation is 1. The minimum absolute atomic E-state index is 0. The van der Waals surface area contributed by atoms with E-state index in [4.69, 9.17) is 5.73 Å². The lowest BCUT2D eigenvalue weighted by molar-refractivity contribution is -0.120. The van der Waals surface area contributed by atoms with Crippen LogP contribution in [0.5, 0.6) is 0 Å². The Kier molecular flexibility index (Phi) is 7.16. The predicted molar refractivity (Wildman–Crippen MR) is 109 cm³/mol. The Morgan fingerprint density at radius 1 is 1.31 bits per heavy atom. The number of carbonyl (C=O) groups excluding carboxylic acids is 2. The van der Waals surface area contributed by atoms with Crippen LogP contribution < -0.4 is 16.4 Å². The van der Waals surface area contributed by atoms with Crippen LogP contribution in [-0.2, 0) is 16.1 Å². The molecule has 4 N–H and O–H groups in total. The molecule has 0 radical (unpaired) electrons. The molecule has 2 aromatic heterocycles. The minimum Gasteiger partial charge on any atom is -0.351 e. The van der Waals surface area contributed by atoms with Crippen LogP contribution in [0.4, 0.5) is 5.13 Å². The number of thiazole rings is 1. The van der Waals surface area contributed by atoms with Crippen molar-refractivity contribution < 1.29 is 9.59 Å². The fourth-order valence-electron chi connectivity index (χ4n) is 2.95. The number of nitrogens with two attached hydrogens (primary N) is 1.